The van der Waals surface area contributed by atoms with Gasteiger partial charge in [0.15, 0.2) is 5.78 Å². The lowest BCUT2D eigenvalue weighted by Crippen LogP contribution is -2.50. The van der Waals surface area contributed by atoms with Gasteiger partial charge >= 0.3 is 5.97 Å². The summed E-state index contributed by atoms with van der Waals surface area (Å²) in [5, 5.41) is 18.3. The first-order chi connectivity index (χ1) is 19.6. The normalized spacial score (nSPS) is 12.1. The average molecular weight is 581 g/mol. The first-order valence-corrected chi connectivity index (χ1v) is 13.9. The molecule has 216 valence electrons. The molecular formula is C29H32N4O7S. The summed E-state index contributed by atoms with van der Waals surface area (Å²) in [6, 6.07) is 13.6. The Morgan fingerprint density at radius 1 is 1.12 bits per heavy atom. The minimum Gasteiger partial charge on any atom is -0.496 e. The second kappa shape index (κ2) is 14.8. The largest absolute Gasteiger partial charge is 0.496 e. The number of aromatic nitrogens is 2. The van der Waals surface area contributed by atoms with Crippen molar-refractivity contribution in [2.24, 2.45) is 5.92 Å². The summed E-state index contributed by atoms with van der Waals surface area (Å²) in [5.41, 5.74) is 1.81. The summed E-state index contributed by atoms with van der Waals surface area (Å²) >= 11 is 1.30. The van der Waals surface area contributed by atoms with Gasteiger partial charge in [-0.3, -0.25) is 14.4 Å². The first-order valence-electron chi connectivity index (χ1n) is 12.7. The molecule has 0 aliphatic heterocycles. The van der Waals surface area contributed by atoms with Crippen molar-refractivity contribution in [1.82, 2.24) is 20.8 Å². The number of hydrogen-bond acceptors (Lipinski definition) is 9. The molecule has 1 heterocycles. The zero-order valence-electron chi connectivity index (χ0n) is 23.2. The summed E-state index contributed by atoms with van der Waals surface area (Å²) in [6.07, 6.45) is 0.537. The fraction of sp³-hybridized carbons (Fsp3) is 0.310. The Labute approximate surface area is 241 Å². The van der Waals surface area contributed by atoms with Gasteiger partial charge in [-0.25, -0.2) is 4.79 Å². The molecule has 2 aromatic carbocycles. The number of ketones is 1. The van der Waals surface area contributed by atoms with Crippen molar-refractivity contribution in [3.8, 4) is 17.1 Å². The van der Waals surface area contributed by atoms with E-state index in [1.54, 1.807) is 39.0 Å². The molecule has 2 amide bonds. The summed E-state index contributed by atoms with van der Waals surface area (Å²) in [7, 11) is 1.48. The zero-order chi connectivity index (χ0) is 29.9. The molecule has 1 atom stereocenters. The lowest BCUT2D eigenvalue weighted by Gasteiger charge is -2.22. The molecular weight excluding hydrogens is 548 g/mol. The fourth-order valence-electron chi connectivity index (χ4n) is 3.84. The monoisotopic (exact) mass is 580 g/mol. The molecule has 0 radical (unpaired) electrons. The Bertz CT molecular complexity index is 1420. The fourth-order valence-corrected chi connectivity index (χ4v) is 4.71. The van der Waals surface area contributed by atoms with E-state index in [2.05, 4.69) is 20.8 Å². The van der Waals surface area contributed by atoms with Crippen LogP contribution in [0, 0.1) is 12.8 Å². The first kappa shape index (κ1) is 31.1. The molecule has 0 saturated carbocycles. The van der Waals surface area contributed by atoms with Gasteiger partial charge in [-0.05, 0) is 29.7 Å². The highest BCUT2D eigenvalue weighted by Crippen LogP contribution is 2.26. The van der Waals surface area contributed by atoms with Crippen LogP contribution in [0.2, 0.25) is 0 Å². The number of rotatable bonds is 14. The predicted octanol–water partition coefficient (Wildman–Crippen LogP) is 3.32. The van der Waals surface area contributed by atoms with Crippen LogP contribution in [0.5, 0.6) is 5.75 Å². The standard InChI is InChI=1S/C29H32N4O7S/c1-17(2)27(29(38)31-22(14-26(36)37)23(34)16-41-15-19-8-6-5-7-9-19)32-25(35)13-21-12-20(10-11-24(21)39-4)28-30-18(3)40-33-28/h5-12,14,17,27H,13,15-16H2,1-4H3,(H,31,38)(H,32,35)(H,36,37)/b22-14+/t27-/m0/s1. The Balaban J connectivity index is 1.68. The molecule has 0 saturated heterocycles. The number of hydrogen-bond donors (Lipinski definition) is 3. The third-order valence-corrected chi connectivity index (χ3v) is 6.86. The van der Waals surface area contributed by atoms with Gasteiger partial charge in [-0.1, -0.05) is 49.3 Å². The maximum atomic E-state index is 13.2. The average Bonchev–Trinajstić information content (AvgIpc) is 3.37. The van der Waals surface area contributed by atoms with E-state index in [-0.39, 0.29) is 23.8 Å². The number of aliphatic carboxylic acids is 1. The summed E-state index contributed by atoms with van der Waals surface area (Å²) < 4.78 is 10.4. The number of nitrogens with zero attached hydrogens (tertiary/aromatic N) is 2. The van der Waals surface area contributed by atoms with Crippen LogP contribution in [0.3, 0.4) is 0 Å². The number of allylic oxidation sites excluding steroid dienone is 1. The molecule has 11 nitrogen and oxygen atoms in total. The van der Waals surface area contributed by atoms with Crippen LogP contribution in [0.4, 0.5) is 0 Å². The van der Waals surface area contributed by atoms with Crippen molar-refractivity contribution in [2.45, 2.75) is 39.0 Å². The van der Waals surface area contributed by atoms with E-state index in [1.807, 2.05) is 30.3 Å². The minimum atomic E-state index is -1.38. The number of methoxy groups -OCH3 is 1. The Hall–Kier alpha value is -4.45. The number of nitrogens with one attached hydrogen (secondary N) is 2. The number of carbonyl (C=O) groups is 4. The van der Waals surface area contributed by atoms with Crippen LogP contribution in [-0.4, -0.2) is 57.7 Å². The maximum absolute atomic E-state index is 13.2. The molecule has 0 fully saturated rings. The zero-order valence-corrected chi connectivity index (χ0v) is 24.0. The number of benzene rings is 2. The van der Waals surface area contributed by atoms with Crippen LogP contribution in [0.1, 0.15) is 30.9 Å². The summed E-state index contributed by atoms with van der Waals surface area (Å²) in [4.78, 5) is 54.6. The van der Waals surface area contributed by atoms with E-state index in [0.29, 0.717) is 40.4 Å². The van der Waals surface area contributed by atoms with Crippen molar-refractivity contribution in [3.05, 3.63) is 77.3 Å². The second-order valence-electron chi connectivity index (χ2n) is 9.42. The van der Waals surface area contributed by atoms with E-state index in [4.69, 9.17) is 9.26 Å². The van der Waals surface area contributed by atoms with Crippen molar-refractivity contribution in [1.29, 1.82) is 0 Å². The van der Waals surface area contributed by atoms with Crippen molar-refractivity contribution >= 4 is 35.3 Å². The van der Waals surface area contributed by atoms with E-state index in [1.165, 1.54) is 18.9 Å². The van der Waals surface area contributed by atoms with Gasteiger partial charge in [0, 0.05) is 23.8 Å². The number of thioether (sulfide) groups is 1. The number of carboxylic acids is 1. The third-order valence-electron chi connectivity index (χ3n) is 5.85. The van der Waals surface area contributed by atoms with Crippen LogP contribution >= 0.6 is 11.8 Å². The van der Waals surface area contributed by atoms with Gasteiger partial charge in [-0.2, -0.15) is 4.98 Å². The number of carbonyl (C=O) groups excluding carboxylic acids is 3. The van der Waals surface area contributed by atoms with Gasteiger partial charge in [-0.15, -0.1) is 11.8 Å². The number of aryl methyl sites for hydroxylation is 1. The molecule has 3 rings (SSSR count). The Morgan fingerprint density at radius 2 is 1.85 bits per heavy atom. The molecule has 0 aliphatic rings. The highest BCUT2D eigenvalue weighted by Gasteiger charge is 2.27. The Morgan fingerprint density at radius 3 is 2.46 bits per heavy atom. The molecule has 12 heteroatoms. The number of Topliss-reactive ketones (excluding diaryl/α,β-unsaturated/α-hetero) is 1. The lowest BCUT2D eigenvalue weighted by molar-refractivity contribution is -0.132. The topological polar surface area (TPSA) is 161 Å². The SMILES string of the molecule is COc1ccc(-c2noc(C)n2)cc1CC(=O)N[C@H](C(=O)N/C(=C/C(=O)O)C(=O)CSCc1ccccc1)C(C)C. The van der Waals surface area contributed by atoms with Gasteiger partial charge in [0.05, 0.1) is 31.1 Å². The molecule has 0 spiro atoms. The lowest BCUT2D eigenvalue weighted by atomic mass is 10.0. The predicted molar refractivity (Wildman–Crippen MR) is 153 cm³/mol. The van der Waals surface area contributed by atoms with E-state index < -0.39 is 29.6 Å². The van der Waals surface area contributed by atoms with Crippen molar-refractivity contribution in [2.75, 3.05) is 12.9 Å². The second-order valence-corrected chi connectivity index (χ2v) is 10.4. The molecule has 1 aromatic heterocycles. The molecule has 0 bridgehead atoms. The van der Waals surface area contributed by atoms with Crippen LogP contribution < -0.4 is 15.4 Å². The summed E-state index contributed by atoms with van der Waals surface area (Å²) in [6.45, 7) is 5.12. The number of ether oxygens (including phenoxy) is 1. The van der Waals surface area contributed by atoms with Crippen LogP contribution in [-0.2, 0) is 31.4 Å². The van der Waals surface area contributed by atoms with Gasteiger partial charge in [0.25, 0.3) is 0 Å². The van der Waals surface area contributed by atoms with Gasteiger partial charge < -0.3 is 25.0 Å². The summed E-state index contributed by atoms with van der Waals surface area (Å²) in [5.74, 6) is -1.77. The minimum absolute atomic E-state index is 0.0387. The molecule has 0 aliphatic carbocycles. The molecule has 3 N–H and O–H groups in total. The van der Waals surface area contributed by atoms with Crippen LogP contribution in [0.25, 0.3) is 11.4 Å². The highest BCUT2D eigenvalue weighted by molar-refractivity contribution is 7.99. The smallest absolute Gasteiger partial charge is 0.330 e. The highest BCUT2D eigenvalue weighted by atomic mass is 32.2. The van der Waals surface area contributed by atoms with E-state index in [0.717, 1.165) is 5.56 Å². The molecule has 0 unspecified atom stereocenters. The quantitative estimate of drug-likeness (QED) is 0.241. The maximum Gasteiger partial charge on any atom is 0.330 e. The number of amides is 2. The van der Waals surface area contributed by atoms with Crippen molar-refractivity contribution in [3.63, 3.8) is 0 Å². The number of carboxylic acid groups (broad SMARTS) is 1. The van der Waals surface area contributed by atoms with E-state index >= 15 is 0 Å². The van der Waals surface area contributed by atoms with Gasteiger partial charge in [0.2, 0.25) is 23.5 Å². The van der Waals surface area contributed by atoms with Crippen LogP contribution in [0.15, 0.2) is 64.8 Å². The molecule has 3 aromatic rings. The Kier molecular flexibility index (Phi) is 11.2. The third kappa shape index (κ3) is 9.31. The van der Waals surface area contributed by atoms with Crippen molar-refractivity contribution < 1.29 is 33.5 Å². The molecule has 41 heavy (non-hydrogen) atoms. The van der Waals surface area contributed by atoms with E-state index in [9.17, 15) is 24.3 Å². The van der Waals surface area contributed by atoms with Gasteiger partial charge in [0.1, 0.15) is 11.8 Å².